The zero-order chi connectivity index (χ0) is 23.9. The standard InChI is InChI=1S/C32H20N2O2/c1-2-8-22(9-3-1)31-33-34-32(36-31)23-18-16-21(17-19-23)24-10-6-11-25(20-24)26-13-7-14-28-27-12-4-5-15-29(27)35-30(26)28/h1-20H. The maximum Gasteiger partial charge on any atom is 0.248 e. The summed E-state index contributed by atoms with van der Waals surface area (Å²) < 4.78 is 12.2. The molecule has 7 aromatic rings. The van der Waals surface area contributed by atoms with Crippen molar-refractivity contribution in [2.75, 3.05) is 0 Å². The highest BCUT2D eigenvalue weighted by Crippen LogP contribution is 2.37. The summed E-state index contributed by atoms with van der Waals surface area (Å²) in [6.07, 6.45) is 0. The Morgan fingerprint density at radius 1 is 0.417 bits per heavy atom. The molecule has 0 N–H and O–H groups in total. The highest BCUT2D eigenvalue weighted by molar-refractivity contribution is 6.09. The first-order valence-corrected chi connectivity index (χ1v) is 11.8. The van der Waals surface area contributed by atoms with Crippen LogP contribution in [0.5, 0.6) is 0 Å². The summed E-state index contributed by atoms with van der Waals surface area (Å²) in [6.45, 7) is 0. The van der Waals surface area contributed by atoms with Gasteiger partial charge in [0, 0.05) is 27.5 Å². The predicted molar refractivity (Wildman–Crippen MR) is 143 cm³/mol. The lowest BCUT2D eigenvalue weighted by molar-refractivity contribution is 0.584. The Kier molecular flexibility index (Phi) is 4.74. The van der Waals surface area contributed by atoms with Crippen molar-refractivity contribution in [3.63, 3.8) is 0 Å². The van der Waals surface area contributed by atoms with E-state index in [0.29, 0.717) is 11.8 Å². The fraction of sp³-hybridized carbons (Fsp3) is 0. The Bertz CT molecular complexity index is 1830. The van der Waals surface area contributed by atoms with E-state index in [4.69, 9.17) is 8.83 Å². The molecule has 7 rings (SSSR count). The quantitative estimate of drug-likeness (QED) is 0.262. The van der Waals surface area contributed by atoms with Gasteiger partial charge in [-0.1, -0.05) is 84.9 Å². The Balaban J connectivity index is 1.22. The molecular weight excluding hydrogens is 444 g/mol. The number of para-hydroxylation sites is 2. The van der Waals surface area contributed by atoms with Crippen LogP contribution in [-0.4, -0.2) is 10.2 Å². The van der Waals surface area contributed by atoms with Gasteiger partial charge in [-0.05, 0) is 53.1 Å². The van der Waals surface area contributed by atoms with E-state index in [2.05, 4.69) is 70.9 Å². The minimum atomic E-state index is 0.505. The maximum absolute atomic E-state index is 6.26. The third-order valence-corrected chi connectivity index (χ3v) is 6.49. The normalized spacial score (nSPS) is 11.3. The van der Waals surface area contributed by atoms with Crippen LogP contribution in [-0.2, 0) is 0 Å². The van der Waals surface area contributed by atoms with Gasteiger partial charge >= 0.3 is 0 Å². The molecule has 36 heavy (non-hydrogen) atoms. The highest BCUT2D eigenvalue weighted by Gasteiger charge is 2.13. The first-order chi connectivity index (χ1) is 17.8. The number of hydrogen-bond acceptors (Lipinski definition) is 4. The first-order valence-electron chi connectivity index (χ1n) is 11.8. The molecule has 0 aliphatic carbocycles. The van der Waals surface area contributed by atoms with Crippen LogP contribution >= 0.6 is 0 Å². The molecule has 0 radical (unpaired) electrons. The molecule has 5 aromatic carbocycles. The zero-order valence-corrected chi connectivity index (χ0v) is 19.3. The average Bonchev–Trinajstić information content (AvgIpc) is 3.59. The van der Waals surface area contributed by atoms with E-state index < -0.39 is 0 Å². The van der Waals surface area contributed by atoms with Crippen molar-refractivity contribution in [2.24, 2.45) is 0 Å². The lowest BCUT2D eigenvalue weighted by Gasteiger charge is -2.07. The molecule has 0 fully saturated rings. The summed E-state index contributed by atoms with van der Waals surface area (Å²) in [6, 6.07) is 41.0. The summed E-state index contributed by atoms with van der Waals surface area (Å²) in [5.74, 6) is 1.02. The number of aromatic nitrogens is 2. The topological polar surface area (TPSA) is 52.1 Å². The number of rotatable bonds is 4. The van der Waals surface area contributed by atoms with E-state index in [0.717, 1.165) is 55.3 Å². The van der Waals surface area contributed by atoms with Gasteiger partial charge in [0.2, 0.25) is 11.8 Å². The number of benzene rings is 5. The van der Waals surface area contributed by atoms with Crippen LogP contribution in [0.4, 0.5) is 0 Å². The summed E-state index contributed by atoms with van der Waals surface area (Å²) in [5, 5.41) is 10.7. The Morgan fingerprint density at radius 3 is 1.86 bits per heavy atom. The number of hydrogen-bond donors (Lipinski definition) is 0. The lowest BCUT2D eigenvalue weighted by Crippen LogP contribution is -1.83. The first kappa shape index (κ1) is 20.4. The van der Waals surface area contributed by atoms with Crippen molar-refractivity contribution in [3.05, 3.63) is 121 Å². The molecular formula is C32H20N2O2. The van der Waals surface area contributed by atoms with Gasteiger partial charge in [-0.25, -0.2) is 0 Å². The fourth-order valence-electron chi connectivity index (χ4n) is 4.68. The van der Waals surface area contributed by atoms with E-state index in [1.165, 1.54) is 0 Å². The molecule has 2 aromatic heterocycles. The van der Waals surface area contributed by atoms with Crippen molar-refractivity contribution >= 4 is 21.9 Å². The summed E-state index contributed by atoms with van der Waals surface area (Å²) in [7, 11) is 0. The molecule has 0 atom stereocenters. The highest BCUT2D eigenvalue weighted by atomic mass is 16.4. The zero-order valence-electron chi connectivity index (χ0n) is 19.3. The molecule has 0 bridgehead atoms. The van der Waals surface area contributed by atoms with Gasteiger partial charge in [-0.2, -0.15) is 0 Å². The summed E-state index contributed by atoms with van der Waals surface area (Å²) in [5.41, 5.74) is 8.05. The Labute approximate surface area is 207 Å². The molecule has 4 nitrogen and oxygen atoms in total. The van der Waals surface area contributed by atoms with Crippen molar-refractivity contribution in [1.29, 1.82) is 0 Å². The van der Waals surface area contributed by atoms with Crippen LogP contribution in [0.2, 0.25) is 0 Å². The smallest absolute Gasteiger partial charge is 0.248 e. The Hall–Kier alpha value is -4.96. The van der Waals surface area contributed by atoms with Gasteiger partial charge in [-0.15, -0.1) is 10.2 Å². The third-order valence-electron chi connectivity index (χ3n) is 6.49. The minimum absolute atomic E-state index is 0.505. The van der Waals surface area contributed by atoms with Crippen LogP contribution < -0.4 is 0 Å². The van der Waals surface area contributed by atoms with Crippen LogP contribution in [0.25, 0.3) is 67.1 Å². The molecule has 0 saturated heterocycles. The molecule has 0 unspecified atom stereocenters. The molecule has 0 amide bonds. The predicted octanol–water partition coefficient (Wildman–Crippen LogP) is 8.64. The van der Waals surface area contributed by atoms with Crippen LogP contribution in [0, 0.1) is 0 Å². The maximum atomic E-state index is 6.26. The van der Waals surface area contributed by atoms with Gasteiger partial charge in [0.1, 0.15) is 11.2 Å². The van der Waals surface area contributed by atoms with Crippen molar-refractivity contribution in [2.45, 2.75) is 0 Å². The summed E-state index contributed by atoms with van der Waals surface area (Å²) >= 11 is 0. The second-order valence-corrected chi connectivity index (χ2v) is 8.72. The molecule has 0 saturated carbocycles. The van der Waals surface area contributed by atoms with Crippen LogP contribution in [0.15, 0.2) is 130 Å². The molecule has 0 aliphatic heterocycles. The molecule has 2 heterocycles. The second kappa shape index (κ2) is 8.36. The van der Waals surface area contributed by atoms with E-state index in [-0.39, 0.29) is 0 Å². The van der Waals surface area contributed by atoms with E-state index in [9.17, 15) is 0 Å². The van der Waals surface area contributed by atoms with E-state index in [1.807, 2.05) is 60.7 Å². The SMILES string of the molecule is c1ccc(-c2nnc(-c3ccc(-c4cccc(-c5cccc6c5oc5ccccc56)c4)cc3)o2)cc1. The second-order valence-electron chi connectivity index (χ2n) is 8.72. The van der Waals surface area contributed by atoms with E-state index >= 15 is 0 Å². The van der Waals surface area contributed by atoms with Gasteiger partial charge in [0.15, 0.2) is 0 Å². The summed E-state index contributed by atoms with van der Waals surface area (Å²) in [4.78, 5) is 0. The molecule has 170 valence electrons. The van der Waals surface area contributed by atoms with Gasteiger partial charge in [0.05, 0.1) is 0 Å². The van der Waals surface area contributed by atoms with Crippen LogP contribution in [0.3, 0.4) is 0 Å². The van der Waals surface area contributed by atoms with Crippen molar-refractivity contribution < 1.29 is 8.83 Å². The molecule has 0 spiro atoms. The monoisotopic (exact) mass is 464 g/mol. The van der Waals surface area contributed by atoms with Crippen molar-refractivity contribution in [1.82, 2.24) is 10.2 Å². The number of nitrogens with zero attached hydrogens (tertiary/aromatic N) is 2. The number of furan rings is 1. The Morgan fingerprint density at radius 2 is 1.03 bits per heavy atom. The third kappa shape index (κ3) is 3.48. The average molecular weight is 465 g/mol. The number of fused-ring (bicyclic) bond motifs is 3. The van der Waals surface area contributed by atoms with E-state index in [1.54, 1.807) is 0 Å². The largest absolute Gasteiger partial charge is 0.455 e. The van der Waals surface area contributed by atoms with Crippen LogP contribution in [0.1, 0.15) is 0 Å². The van der Waals surface area contributed by atoms with Crippen molar-refractivity contribution in [3.8, 4) is 45.2 Å². The fourth-order valence-corrected chi connectivity index (χ4v) is 4.68. The molecule has 0 aliphatic rings. The molecule has 4 heteroatoms. The minimum Gasteiger partial charge on any atom is -0.455 e. The van der Waals surface area contributed by atoms with Gasteiger partial charge in [-0.3, -0.25) is 0 Å². The lowest BCUT2D eigenvalue weighted by atomic mass is 9.97. The van der Waals surface area contributed by atoms with Gasteiger partial charge in [0.25, 0.3) is 0 Å². The van der Waals surface area contributed by atoms with Gasteiger partial charge < -0.3 is 8.83 Å².